The molecule has 1 saturated heterocycles. The Morgan fingerprint density at radius 2 is 2.35 bits per heavy atom. The average Bonchev–Trinajstić information content (AvgIpc) is 2.77. The van der Waals surface area contributed by atoms with Crippen LogP contribution in [0.2, 0.25) is 0 Å². The van der Waals surface area contributed by atoms with Crippen LogP contribution in [0.3, 0.4) is 0 Å². The molecule has 0 aromatic heterocycles. The zero-order valence-corrected chi connectivity index (χ0v) is 10.6. The van der Waals surface area contributed by atoms with Gasteiger partial charge < -0.3 is 10.8 Å². The summed E-state index contributed by atoms with van der Waals surface area (Å²) in [4.78, 5) is 2.81. The first kappa shape index (κ1) is 12.5. The summed E-state index contributed by atoms with van der Waals surface area (Å²) < 4.78 is 0. The smallest absolute Gasteiger partial charge is 0.103 e. The van der Waals surface area contributed by atoms with Gasteiger partial charge in [0.2, 0.25) is 0 Å². The van der Waals surface area contributed by atoms with Crippen LogP contribution in [-0.2, 0) is 6.54 Å². The van der Waals surface area contributed by atoms with Gasteiger partial charge in [-0.05, 0) is 30.5 Å². The van der Waals surface area contributed by atoms with Crippen LogP contribution in [0.4, 0.5) is 0 Å². The van der Waals surface area contributed by atoms with Crippen LogP contribution in [0.25, 0.3) is 0 Å². The summed E-state index contributed by atoms with van der Waals surface area (Å²) in [5.74, 6) is 0.439. The number of nitrogens with two attached hydrogens (primary N) is 1. The second-order valence-electron chi connectivity index (χ2n) is 4.64. The third-order valence-corrected chi connectivity index (χ3v) is 3.48. The van der Waals surface area contributed by atoms with E-state index in [1.54, 1.807) is 0 Å². The Morgan fingerprint density at radius 3 is 3.00 bits per heavy atom. The van der Waals surface area contributed by atoms with Gasteiger partial charge in [0.05, 0.1) is 0 Å². The molecule has 4 heteroatoms. The van der Waals surface area contributed by atoms with Crippen LogP contribution >= 0.6 is 12.2 Å². The molecule has 3 nitrogen and oxygen atoms in total. The van der Waals surface area contributed by atoms with E-state index in [1.165, 1.54) is 5.56 Å². The number of benzene rings is 1. The minimum absolute atomic E-state index is 0.295. The highest BCUT2D eigenvalue weighted by Crippen LogP contribution is 2.18. The van der Waals surface area contributed by atoms with E-state index >= 15 is 0 Å². The van der Waals surface area contributed by atoms with Gasteiger partial charge in [0, 0.05) is 25.3 Å². The largest absolute Gasteiger partial charge is 0.396 e. The van der Waals surface area contributed by atoms with E-state index in [0.29, 0.717) is 17.5 Å². The maximum absolute atomic E-state index is 9.11. The molecular formula is C13H18N2OS. The molecule has 0 amide bonds. The molecular weight excluding hydrogens is 232 g/mol. The van der Waals surface area contributed by atoms with Gasteiger partial charge in [-0.1, -0.05) is 30.4 Å². The number of hydrogen-bond donors (Lipinski definition) is 2. The maximum atomic E-state index is 9.11. The lowest BCUT2D eigenvalue weighted by Crippen LogP contribution is -2.21. The van der Waals surface area contributed by atoms with E-state index < -0.39 is 0 Å². The van der Waals surface area contributed by atoms with E-state index in [9.17, 15) is 0 Å². The van der Waals surface area contributed by atoms with Crippen molar-refractivity contribution < 1.29 is 5.11 Å². The van der Waals surface area contributed by atoms with Crippen molar-refractivity contribution in [3.63, 3.8) is 0 Å². The molecule has 2 rings (SSSR count). The first-order valence-corrected chi connectivity index (χ1v) is 6.32. The van der Waals surface area contributed by atoms with Gasteiger partial charge in [0.25, 0.3) is 0 Å². The third-order valence-electron chi connectivity index (χ3n) is 3.25. The molecule has 0 radical (unpaired) electrons. The summed E-state index contributed by atoms with van der Waals surface area (Å²) in [6.07, 6.45) is 1.09. The Bertz CT molecular complexity index is 408. The van der Waals surface area contributed by atoms with E-state index in [2.05, 4.69) is 17.0 Å². The van der Waals surface area contributed by atoms with E-state index in [1.807, 2.05) is 12.1 Å². The van der Waals surface area contributed by atoms with E-state index in [-0.39, 0.29) is 0 Å². The fourth-order valence-electron chi connectivity index (χ4n) is 2.29. The van der Waals surface area contributed by atoms with Crippen molar-refractivity contribution in [2.75, 3.05) is 19.7 Å². The highest BCUT2D eigenvalue weighted by Gasteiger charge is 2.21. The summed E-state index contributed by atoms with van der Waals surface area (Å²) in [7, 11) is 0. The van der Waals surface area contributed by atoms with Crippen molar-refractivity contribution in [1.82, 2.24) is 4.90 Å². The topological polar surface area (TPSA) is 49.5 Å². The van der Waals surface area contributed by atoms with E-state index in [0.717, 1.165) is 31.6 Å². The Balaban J connectivity index is 1.99. The molecule has 1 aromatic carbocycles. The minimum Gasteiger partial charge on any atom is -0.396 e. The van der Waals surface area contributed by atoms with Gasteiger partial charge >= 0.3 is 0 Å². The average molecular weight is 250 g/mol. The van der Waals surface area contributed by atoms with Gasteiger partial charge in [-0.3, -0.25) is 4.90 Å². The van der Waals surface area contributed by atoms with Crippen LogP contribution in [0.1, 0.15) is 17.5 Å². The molecule has 3 N–H and O–H groups in total. The van der Waals surface area contributed by atoms with Crippen LogP contribution in [0, 0.1) is 5.92 Å². The van der Waals surface area contributed by atoms with Crippen LogP contribution in [0.15, 0.2) is 24.3 Å². The number of thiocarbonyl (C=S) groups is 1. The molecule has 0 saturated carbocycles. The van der Waals surface area contributed by atoms with Crippen molar-refractivity contribution in [2.45, 2.75) is 13.0 Å². The van der Waals surface area contributed by atoms with Crippen molar-refractivity contribution >= 4 is 17.2 Å². The summed E-state index contributed by atoms with van der Waals surface area (Å²) in [6, 6.07) is 8.07. The molecule has 1 aliphatic heterocycles. The summed E-state index contributed by atoms with van der Waals surface area (Å²) >= 11 is 4.97. The molecule has 0 bridgehead atoms. The van der Waals surface area contributed by atoms with Crippen molar-refractivity contribution in [1.29, 1.82) is 0 Å². The van der Waals surface area contributed by atoms with Gasteiger partial charge in [-0.2, -0.15) is 0 Å². The summed E-state index contributed by atoms with van der Waals surface area (Å²) in [5, 5.41) is 9.11. The summed E-state index contributed by atoms with van der Waals surface area (Å²) in [5.41, 5.74) is 7.78. The molecule has 92 valence electrons. The molecule has 1 heterocycles. The molecule has 1 aliphatic rings. The third kappa shape index (κ3) is 3.25. The van der Waals surface area contributed by atoms with Crippen molar-refractivity contribution in [2.24, 2.45) is 11.7 Å². The fourth-order valence-corrected chi connectivity index (χ4v) is 2.41. The van der Waals surface area contributed by atoms with Gasteiger partial charge in [-0.15, -0.1) is 0 Å². The fraction of sp³-hybridized carbons (Fsp3) is 0.462. The lowest BCUT2D eigenvalue weighted by molar-refractivity contribution is 0.220. The molecule has 1 fully saturated rings. The lowest BCUT2D eigenvalue weighted by atomic mass is 10.1. The molecule has 1 unspecified atom stereocenters. The van der Waals surface area contributed by atoms with Crippen LogP contribution in [-0.4, -0.2) is 34.7 Å². The predicted octanol–water partition coefficient (Wildman–Crippen LogP) is 1.14. The first-order chi connectivity index (χ1) is 8.19. The highest BCUT2D eigenvalue weighted by atomic mass is 32.1. The monoisotopic (exact) mass is 250 g/mol. The van der Waals surface area contributed by atoms with Gasteiger partial charge in [-0.25, -0.2) is 0 Å². The van der Waals surface area contributed by atoms with Crippen molar-refractivity contribution in [3.05, 3.63) is 35.4 Å². The van der Waals surface area contributed by atoms with Gasteiger partial charge in [0.15, 0.2) is 0 Å². The standard InChI is InChI=1S/C13H18N2OS/c14-13(17)12-3-1-2-10(6-12)7-15-5-4-11(8-15)9-16/h1-3,6,11,16H,4-5,7-9H2,(H2,14,17). The number of aliphatic hydroxyl groups is 1. The number of rotatable bonds is 4. The second-order valence-corrected chi connectivity index (χ2v) is 5.08. The SMILES string of the molecule is NC(=S)c1cccc(CN2CCC(CO)C2)c1. The number of aliphatic hydroxyl groups excluding tert-OH is 1. The highest BCUT2D eigenvalue weighted by molar-refractivity contribution is 7.80. The Labute approximate surface area is 107 Å². The number of hydrogen-bond acceptors (Lipinski definition) is 3. The number of nitrogens with zero attached hydrogens (tertiary/aromatic N) is 1. The predicted molar refractivity (Wildman–Crippen MR) is 72.8 cm³/mol. The zero-order valence-electron chi connectivity index (χ0n) is 9.80. The molecule has 17 heavy (non-hydrogen) atoms. The lowest BCUT2D eigenvalue weighted by Gasteiger charge is -2.16. The Kier molecular flexibility index (Phi) is 4.10. The van der Waals surface area contributed by atoms with Gasteiger partial charge in [0.1, 0.15) is 4.99 Å². The second kappa shape index (κ2) is 5.58. The van der Waals surface area contributed by atoms with E-state index in [4.69, 9.17) is 23.1 Å². The first-order valence-electron chi connectivity index (χ1n) is 5.91. The Hall–Kier alpha value is -0.970. The summed E-state index contributed by atoms with van der Waals surface area (Å²) in [6.45, 7) is 3.24. The number of likely N-dealkylation sites (tertiary alicyclic amines) is 1. The normalized spacial score (nSPS) is 20.6. The molecule has 0 aliphatic carbocycles. The Morgan fingerprint density at radius 1 is 1.53 bits per heavy atom. The molecule has 0 spiro atoms. The van der Waals surface area contributed by atoms with Crippen LogP contribution < -0.4 is 5.73 Å². The van der Waals surface area contributed by atoms with Crippen LogP contribution in [0.5, 0.6) is 0 Å². The molecule has 1 aromatic rings. The van der Waals surface area contributed by atoms with Crippen molar-refractivity contribution in [3.8, 4) is 0 Å². The molecule has 1 atom stereocenters. The zero-order chi connectivity index (χ0) is 12.3. The quantitative estimate of drug-likeness (QED) is 0.787. The minimum atomic E-state index is 0.295. The maximum Gasteiger partial charge on any atom is 0.103 e.